The van der Waals surface area contributed by atoms with Crippen molar-refractivity contribution in [1.29, 1.82) is 0 Å². The number of anilines is 1. The van der Waals surface area contributed by atoms with Crippen LogP contribution in [0, 0.1) is 0 Å². The number of hydrogen-bond donors (Lipinski definition) is 1. The fraction of sp³-hybridized carbons (Fsp3) is 0.0667. The molecule has 0 amide bonds. The van der Waals surface area contributed by atoms with Crippen LogP contribution >= 0.6 is 0 Å². The van der Waals surface area contributed by atoms with E-state index in [2.05, 4.69) is 36.2 Å². The first kappa shape index (κ1) is 14.5. The van der Waals surface area contributed by atoms with E-state index in [0.29, 0.717) is 5.84 Å². The lowest BCUT2D eigenvalue weighted by atomic mass is 10.2. The second-order valence-electron chi connectivity index (χ2n) is 4.56. The number of amidine groups is 1. The Kier molecular flexibility index (Phi) is 4.44. The number of para-hydroxylation sites is 1. The molecule has 0 spiro atoms. The van der Waals surface area contributed by atoms with Gasteiger partial charge in [0.25, 0.3) is 0 Å². The zero-order chi connectivity index (χ0) is 15.9. The van der Waals surface area contributed by atoms with E-state index in [1.165, 1.54) is 4.80 Å². The van der Waals surface area contributed by atoms with Gasteiger partial charge < -0.3 is 0 Å². The highest BCUT2D eigenvalue weighted by atomic mass is 15.6. The van der Waals surface area contributed by atoms with Crippen LogP contribution in [0.3, 0.4) is 0 Å². The Bertz CT molecular complexity index is 808. The Morgan fingerprint density at radius 2 is 1.70 bits per heavy atom. The molecule has 0 fully saturated rings. The van der Waals surface area contributed by atoms with Crippen molar-refractivity contribution < 1.29 is 0 Å². The number of benzene rings is 2. The zero-order valence-corrected chi connectivity index (χ0v) is 12.4. The van der Waals surface area contributed by atoms with E-state index in [1.807, 2.05) is 60.7 Å². The van der Waals surface area contributed by atoms with Gasteiger partial charge in [-0.1, -0.05) is 53.6 Å². The standard InChI is InChI=1S/C15H14N8/c1-23-21-15(20-22-23)19-18-14(12-8-4-2-5-9-12)17-16-13-10-6-3-7-11-13/h2-11,16H,1H3. The molecule has 8 heteroatoms. The highest BCUT2D eigenvalue weighted by Gasteiger charge is 2.04. The van der Waals surface area contributed by atoms with Gasteiger partial charge in [0.15, 0.2) is 0 Å². The summed E-state index contributed by atoms with van der Waals surface area (Å²) >= 11 is 0. The van der Waals surface area contributed by atoms with Gasteiger partial charge in [-0.2, -0.15) is 9.90 Å². The van der Waals surface area contributed by atoms with Gasteiger partial charge in [0, 0.05) is 5.56 Å². The van der Waals surface area contributed by atoms with Crippen molar-refractivity contribution in [3.63, 3.8) is 0 Å². The monoisotopic (exact) mass is 306 g/mol. The minimum Gasteiger partial charge on any atom is -0.276 e. The van der Waals surface area contributed by atoms with Crippen LogP contribution in [-0.2, 0) is 7.05 Å². The Morgan fingerprint density at radius 1 is 1.00 bits per heavy atom. The van der Waals surface area contributed by atoms with Crippen molar-refractivity contribution in [1.82, 2.24) is 20.2 Å². The van der Waals surface area contributed by atoms with Crippen molar-refractivity contribution >= 4 is 17.5 Å². The molecule has 23 heavy (non-hydrogen) atoms. The Hall–Kier alpha value is -3.42. The van der Waals surface area contributed by atoms with Gasteiger partial charge in [-0.15, -0.1) is 15.3 Å². The lowest BCUT2D eigenvalue weighted by Gasteiger charge is -2.02. The molecule has 1 N–H and O–H groups in total. The molecule has 3 aromatic rings. The topological polar surface area (TPSA) is 92.7 Å². The molecular weight excluding hydrogens is 292 g/mol. The number of nitrogens with zero attached hydrogens (tertiary/aromatic N) is 7. The molecule has 0 aliphatic rings. The minimum atomic E-state index is 0.177. The first-order valence-corrected chi connectivity index (χ1v) is 6.91. The molecule has 2 aromatic carbocycles. The number of rotatable bonds is 4. The third-order valence-electron chi connectivity index (χ3n) is 2.83. The average molecular weight is 306 g/mol. The van der Waals surface area contributed by atoms with Crippen LogP contribution in [0.25, 0.3) is 0 Å². The number of nitrogens with one attached hydrogen (secondary N) is 1. The van der Waals surface area contributed by atoms with E-state index in [1.54, 1.807) is 7.05 Å². The maximum Gasteiger partial charge on any atom is 0.307 e. The number of aryl methyl sites for hydroxylation is 1. The quantitative estimate of drug-likeness (QED) is 0.347. The van der Waals surface area contributed by atoms with E-state index in [9.17, 15) is 0 Å². The highest BCUT2D eigenvalue weighted by molar-refractivity contribution is 5.99. The molecule has 0 saturated carbocycles. The van der Waals surface area contributed by atoms with Crippen molar-refractivity contribution in [3.05, 3.63) is 66.2 Å². The number of aromatic nitrogens is 4. The van der Waals surface area contributed by atoms with E-state index in [0.717, 1.165) is 11.3 Å². The van der Waals surface area contributed by atoms with Crippen molar-refractivity contribution in [2.45, 2.75) is 0 Å². The Labute approximate surface area is 132 Å². The van der Waals surface area contributed by atoms with Crippen molar-refractivity contribution in [3.8, 4) is 0 Å². The van der Waals surface area contributed by atoms with E-state index in [4.69, 9.17) is 0 Å². The highest BCUT2D eigenvalue weighted by Crippen LogP contribution is 2.09. The summed E-state index contributed by atoms with van der Waals surface area (Å²) < 4.78 is 0. The zero-order valence-electron chi connectivity index (χ0n) is 12.4. The van der Waals surface area contributed by atoms with E-state index < -0.39 is 0 Å². The second-order valence-corrected chi connectivity index (χ2v) is 4.56. The first-order chi connectivity index (χ1) is 11.3. The predicted octanol–water partition coefficient (Wildman–Crippen LogP) is 2.77. The summed E-state index contributed by atoms with van der Waals surface area (Å²) in [6.07, 6.45) is 0. The van der Waals surface area contributed by atoms with E-state index in [-0.39, 0.29) is 5.95 Å². The van der Waals surface area contributed by atoms with Crippen molar-refractivity contribution in [2.75, 3.05) is 5.43 Å². The molecule has 114 valence electrons. The lowest BCUT2D eigenvalue weighted by Crippen LogP contribution is -2.01. The molecule has 0 bridgehead atoms. The second kappa shape index (κ2) is 7.03. The van der Waals surface area contributed by atoms with Gasteiger partial charge in [-0.3, -0.25) is 5.43 Å². The summed E-state index contributed by atoms with van der Waals surface area (Å²) in [5, 5.41) is 23.8. The summed E-state index contributed by atoms with van der Waals surface area (Å²) in [6.45, 7) is 0. The molecule has 0 saturated heterocycles. The average Bonchev–Trinajstić information content (AvgIpc) is 3.02. The molecular formula is C15H14N8. The van der Waals surface area contributed by atoms with Crippen LogP contribution in [0.2, 0.25) is 0 Å². The Morgan fingerprint density at radius 3 is 2.35 bits per heavy atom. The van der Waals surface area contributed by atoms with Crippen LogP contribution in [0.15, 0.2) is 76.0 Å². The van der Waals surface area contributed by atoms with Crippen LogP contribution in [0.1, 0.15) is 5.56 Å². The summed E-state index contributed by atoms with van der Waals surface area (Å²) in [5.41, 5.74) is 4.64. The molecule has 0 aliphatic carbocycles. The van der Waals surface area contributed by atoms with Gasteiger partial charge in [0.05, 0.1) is 12.7 Å². The molecule has 1 aromatic heterocycles. The maximum atomic E-state index is 4.31. The molecule has 8 nitrogen and oxygen atoms in total. The van der Waals surface area contributed by atoms with Crippen LogP contribution < -0.4 is 5.43 Å². The van der Waals surface area contributed by atoms with Gasteiger partial charge in [0.1, 0.15) is 0 Å². The number of azo groups is 1. The number of hydrogen-bond acceptors (Lipinski definition) is 6. The third kappa shape index (κ3) is 4.03. The first-order valence-electron chi connectivity index (χ1n) is 6.91. The summed E-state index contributed by atoms with van der Waals surface area (Å²) in [6, 6.07) is 19.1. The largest absolute Gasteiger partial charge is 0.307 e. The smallest absolute Gasteiger partial charge is 0.276 e. The van der Waals surface area contributed by atoms with Gasteiger partial charge in [-0.25, -0.2) is 0 Å². The van der Waals surface area contributed by atoms with Crippen LogP contribution in [-0.4, -0.2) is 26.0 Å². The summed E-state index contributed by atoms with van der Waals surface area (Å²) in [7, 11) is 1.66. The SMILES string of the molecule is Cn1nnc(N=NC(=NNc2ccccc2)c2ccccc2)n1. The lowest BCUT2D eigenvalue weighted by molar-refractivity contribution is 0.630. The number of hydrazone groups is 1. The fourth-order valence-electron chi connectivity index (χ4n) is 1.77. The van der Waals surface area contributed by atoms with E-state index >= 15 is 0 Å². The minimum absolute atomic E-state index is 0.177. The van der Waals surface area contributed by atoms with Crippen molar-refractivity contribution in [2.24, 2.45) is 22.4 Å². The molecule has 0 atom stereocenters. The fourth-order valence-corrected chi connectivity index (χ4v) is 1.77. The maximum absolute atomic E-state index is 4.31. The summed E-state index contributed by atoms with van der Waals surface area (Å²) in [5.74, 6) is 0.595. The molecule has 3 rings (SSSR count). The predicted molar refractivity (Wildman–Crippen MR) is 86.4 cm³/mol. The van der Waals surface area contributed by atoms with Gasteiger partial charge in [-0.05, 0) is 17.3 Å². The number of tetrazole rings is 1. The third-order valence-corrected chi connectivity index (χ3v) is 2.83. The van der Waals surface area contributed by atoms with Crippen LogP contribution in [0.5, 0.6) is 0 Å². The molecule has 0 radical (unpaired) electrons. The molecule has 0 unspecified atom stereocenters. The normalized spacial score (nSPS) is 11.8. The molecule has 0 aliphatic heterocycles. The Balaban J connectivity index is 1.86. The van der Waals surface area contributed by atoms with Crippen LogP contribution in [0.4, 0.5) is 11.6 Å². The molecule has 1 heterocycles. The van der Waals surface area contributed by atoms with Gasteiger partial charge in [0.2, 0.25) is 5.84 Å². The summed E-state index contributed by atoms with van der Waals surface area (Å²) in [4.78, 5) is 1.32. The van der Waals surface area contributed by atoms with Gasteiger partial charge >= 0.3 is 5.95 Å².